The van der Waals surface area contributed by atoms with E-state index in [1.807, 2.05) is 18.2 Å². The molecule has 0 aliphatic carbocycles. The molecule has 0 saturated carbocycles. The van der Waals surface area contributed by atoms with Crippen LogP contribution >= 0.6 is 0 Å². The number of carbonyl (C=O) groups is 2. The van der Waals surface area contributed by atoms with Gasteiger partial charge in [0.05, 0.1) is 28.2 Å². The molecule has 1 aliphatic heterocycles. The molecule has 2 N–H and O–H groups in total. The van der Waals surface area contributed by atoms with E-state index < -0.39 is 23.6 Å². The Hall–Kier alpha value is -3.92. The summed E-state index contributed by atoms with van der Waals surface area (Å²) in [4.78, 5) is 33.5. The van der Waals surface area contributed by atoms with Gasteiger partial charge in [-0.15, -0.1) is 0 Å². The minimum absolute atomic E-state index is 0.116. The molecule has 0 radical (unpaired) electrons. The van der Waals surface area contributed by atoms with Crippen LogP contribution in [0.4, 0.5) is 0 Å². The number of hydrogen-bond donors (Lipinski definition) is 2. The van der Waals surface area contributed by atoms with Crippen molar-refractivity contribution in [1.29, 1.82) is 5.26 Å². The fourth-order valence-corrected chi connectivity index (χ4v) is 3.19. The number of imide groups is 1. The average Bonchev–Trinajstić information content (AvgIpc) is 3.21. The molecule has 2 aromatic carbocycles. The van der Waals surface area contributed by atoms with E-state index in [0.29, 0.717) is 11.0 Å². The maximum atomic E-state index is 12.6. The second kappa shape index (κ2) is 6.11. The topological polar surface area (TPSA) is 110 Å². The summed E-state index contributed by atoms with van der Waals surface area (Å²) in [6.07, 6.45) is 0. The van der Waals surface area contributed by atoms with Crippen LogP contribution in [-0.4, -0.2) is 37.8 Å². The Kier molecular flexibility index (Phi) is 3.74. The first kappa shape index (κ1) is 16.5. The van der Waals surface area contributed by atoms with Gasteiger partial charge in [0.2, 0.25) is 0 Å². The van der Waals surface area contributed by atoms with Gasteiger partial charge in [-0.3, -0.25) is 14.5 Å². The molecule has 7 heteroatoms. The van der Waals surface area contributed by atoms with Gasteiger partial charge in [-0.05, 0) is 31.2 Å². The SMILES string of the molecule is CC(/C(O)=C(\C#N)c1nc2ccccc2[nH]1)N1C(=O)c2ccccc2C1=O. The van der Waals surface area contributed by atoms with Crippen LogP contribution in [0.15, 0.2) is 54.3 Å². The summed E-state index contributed by atoms with van der Waals surface area (Å²) >= 11 is 0. The predicted molar refractivity (Wildman–Crippen MR) is 97.7 cm³/mol. The molecule has 3 aromatic rings. The van der Waals surface area contributed by atoms with E-state index in [1.54, 1.807) is 36.4 Å². The average molecular weight is 358 g/mol. The Labute approximate surface area is 154 Å². The molecule has 0 fully saturated rings. The Bertz CT molecular complexity index is 1100. The molecule has 2 heterocycles. The second-order valence-electron chi connectivity index (χ2n) is 6.18. The summed E-state index contributed by atoms with van der Waals surface area (Å²) in [6, 6.07) is 14.6. The van der Waals surface area contributed by atoms with Crippen LogP contribution in [0.2, 0.25) is 0 Å². The Morgan fingerprint density at radius 3 is 2.30 bits per heavy atom. The number of fused-ring (bicyclic) bond motifs is 2. The van der Waals surface area contributed by atoms with Gasteiger partial charge in [0.25, 0.3) is 11.8 Å². The Morgan fingerprint density at radius 2 is 1.70 bits per heavy atom. The van der Waals surface area contributed by atoms with E-state index >= 15 is 0 Å². The lowest BCUT2D eigenvalue weighted by molar-refractivity contribution is 0.0590. The zero-order valence-corrected chi connectivity index (χ0v) is 14.3. The van der Waals surface area contributed by atoms with Crippen LogP contribution in [0.1, 0.15) is 33.5 Å². The number of aromatic amines is 1. The highest BCUT2D eigenvalue weighted by atomic mass is 16.3. The van der Waals surface area contributed by atoms with Gasteiger partial charge in [0.1, 0.15) is 17.4 Å². The van der Waals surface area contributed by atoms with Gasteiger partial charge in [-0.2, -0.15) is 5.26 Å². The number of nitrogens with zero attached hydrogens (tertiary/aromatic N) is 3. The number of amides is 2. The highest BCUT2D eigenvalue weighted by Crippen LogP contribution is 2.28. The van der Waals surface area contributed by atoms with Crippen LogP contribution in [0, 0.1) is 11.3 Å². The molecule has 2 amide bonds. The number of hydrogen-bond acceptors (Lipinski definition) is 5. The highest BCUT2D eigenvalue weighted by molar-refractivity contribution is 6.21. The van der Waals surface area contributed by atoms with Crippen LogP contribution < -0.4 is 0 Å². The number of rotatable bonds is 3. The van der Waals surface area contributed by atoms with Crippen molar-refractivity contribution in [3.05, 3.63) is 71.2 Å². The van der Waals surface area contributed by atoms with Crippen molar-refractivity contribution < 1.29 is 14.7 Å². The molecule has 4 rings (SSSR count). The summed E-state index contributed by atoms with van der Waals surface area (Å²) in [5.74, 6) is -1.22. The van der Waals surface area contributed by atoms with Crippen LogP contribution in [0.5, 0.6) is 0 Å². The van der Waals surface area contributed by atoms with Crippen LogP contribution in [0.25, 0.3) is 16.6 Å². The van der Waals surface area contributed by atoms with Crippen molar-refractivity contribution in [3.63, 3.8) is 0 Å². The van der Waals surface area contributed by atoms with E-state index in [4.69, 9.17) is 0 Å². The monoisotopic (exact) mass is 358 g/mol. The fourth-order valence-electron chi connectivity index (χ4n) is 3.19. The fraction of sp³-hybridized carbons (Fsp3) is 0.100. The number of nitriles is 1. The predicted octanol–water partition coefficient (Wildman–Crippen LogP) is 3.04. The molecule has 1 aromatic heterocycles. The molecular weight excluding hydrogens is 344 g/mol. The van der Waals surface area contributed by atoms with E-state index in [1.165, 1.54) is 6.92 Å². The lowest BCUT2D eigenvalue weighted by Crippen LogP contribution is -2.39. The molecule has 0 saturated heterocycles. The molecule has 132 valence electrons. The normalized spacial score (nSPS) is 15.5. The number of imidazole rings is 1. The summed E-state index contributed by atoms with van der Waals surface area (Å²) in [6.45, 7) is 1.50. The lowest BCUT2D eigenvalue weighted by atomic mass is 10.1. The summed E-state index contributed by atoms with van der Waals surface area (Å²) < 4.78 is 0. The number of para-hydroxylation sites is 2. The Balaban J connectivity index is 1.76. The third-order valence-corrected chi connectivity index (χ3v) is 4.60. The zero-order chi connectivity index (χ0) is 19.1. The number of aliphatic hydroxyl groups excluding tert-OH is 1. The van der Waals surface area contributed by atoms with Gasteiger partial charge in [-0.1, -0.05) is 24.3 Å². The van der Waals surface area contributed by atoms with E-state index in [9.17, 15) is 20.0 Å². The molecule has 0 bridgehead atoms. The molecule has 27 heavy (non-hydrogen) atoms. The van der Waals surface area contributed by atoms with Gasteiger partial charge in [0.15, 0.2) is 5.82 Å². The number of aliphatic hydroxyl groups is 1. The largest absolute Gasteiger partial charge is 0.509 e. The highest BCUT2D eigenvalue weighted by Gasteiger charge is 2.40. The van der Waals surface area contributed by atoms with Crippen molar-refractivity contribution in [3.8, 4) is 6.07 Å². The van der Waals surface area contributed by atoms with Crippen molar-refractivity contribution in [2.75, 3.05) is 0 Å². The van der Waals surface area contributed by atoms with Crippen LogP contribution in [-0.2, 0) is 0 Å². The van der Waals surface area contributed by atoms with Gasteiger partial charge < -0.3 is 10.1 Å². The van der Waals surface area contributed by atoms with Crippen LogP contribution in [0.3, 0.4) is 0 Å². The first-order valence-electron chi connectivity index (χ1n) is 8.28. The lowest BCUT2D eigenvalue weighted by Gasteiger charge is -2.22. The van der Waals surface area contributed by atoms with Gasteiger partial charge in [-0.25, -0.2) is 4.98 Å². The summed E-state index contributed by atoms with van der Waals surface area (Å²) in [5, 5.41) is 20.2. The first-order chi connectivity index (χ1) is 13.0. The number of benzene rings is 2. The second-order valence-corrected chi connectivity index (χ2v) is 6.18. The molecule has 7 nitrogen and oxygen atoms in total. The smallest absolute Gasteiger partial charge is 0.262 e. The minimum atomic E-state index is -1.01. The van der Waals surface area contributed by atoms with E-state index in [0.717, 1.165) is 4.90 Å². The van der Waals surface area contributed by atoms with E-state index in [-0.39, 0.29) is 22.5 Å². The maximum Gasteiger partial charge on any atom is 0.262 e. The van der Waals surface area contributed by atoms with Crippen molar-refractivity contribution in [1.82, 2.24) is 14.9 Å². The van der Waals surface area contributed by atoms with Gasteiger partial charge in [0, 0.05) is 0 Å². The van der Waals surface area contributed by atoms with Crippen molar-refractivity contribution in [2.45, 2.75) is 13.0 Å². The molecule has 1 aliphatic rings. The van der Waals surface area contributed by atoms with E-state index in [2.05, 4.69) is 9.97 Å². The third-order valence-electron chi connectivity index (χ3n) is 4.60. The quantitative estimate of drug-likeness (QED) is 0.425. The number of aromatic nitrogens is 2. The Morgan fingerprint density at radius 1 is 1.11 bits per heavy atom. The minimum Gasteiger partial charge on any atom is -0.509 e. The summed E-state index contributed by atoms with van der Waals surface area (Å²) in [5.41, 5.74) is 1.80. The number of allylic oxidation sites excluding steroid dienone is 1. The number of carbonyl (C=O) groups excluding carboxylic acids is 2. The molecule has 1 atom stereocenters. The standard InChI is InChI=1S/C20H14N4O3/c1-11(24-19(26)12-6-2-3-7-13(12)20(24)27)17(25)14(10-21)18-22-15-8-4-5-9-16(15)23-18/h2-9,11,25H,1H3,(H,22,23)/b17-14-. The van der Waals surface area contributed by atoms with Crippen molar-refractivity contribution in [2.24, 2.45) is 0 Å². The number of H-pyrrole nitrogens is 1. The van der Waals surface area contributed by atoms with Crippen molar-refractivity contribution >= 4 is 28.4 Å². The third kappa shape index (κ3) is 2.47. The molecule has 0 spiro atoms. The summed E-state index contributed by atoms with van der Waals surface area (Å²) in [7, 11) is 0. The molecular formula is C20H14N4O3. The zero-order valence-electron chi connectivity index (χ0n) is 14.3. The number of nitrogens with one attached hydrogen (secondary N) is 1. The van der Waals surface area contributed by atoms with Gasteiger partial charge >= 0.3 is 0 Å². The molecule has 1 unspecified atom stereocenters. The first-order valence-corrected chi connectivity index (χ1v) is 8.28. The maximum absolute atomic E-state index is 12.6.